The summed E-state index contributed by atoms with van der Waals surface area (Å²) in [5, 5.41) is 8.66. The first-order valence-electron chi connectivity index (χ1n) is 6.66. The molecule has 2 rings (SSSR count). The minimum atomic E-state index is 0.872. The van der Waals surface area contributed by atoms with Crippen molar-refractivity contribution in [3.63, 3.8) is 0 Å². The van der Waals surface area contributed by atoms with Crippen LogP contribution in [0.15, 0.2) is 64.8 Å². The Morgan fingerprint density at radius 3 is 2.11 bits per heavy atom. The SMILES string of the molecule is CCN(CC)c1ccccc1N=Nc1ccccc1. The van der Waals surface area contributed by atoms with Gasteiger partial charge in [0.2, 0.25) is 0 Å². The molecule has 0 bridgehead atoms. The molecule has 0 fully saturated rings. The maximum absolute atomic E-state index is 4.38. The van der Waals surface area contributed by atoms with E-state index in [1.165, 1.54) is 0 Å². The molecule has 2 aromatic carbocycles. The molecule has 0 aliphatic heterocycles. The topological polar surface area (TPSA) is 28.0 Å². The van der Waals surface area contributed by atoms with Crippen LogP contribution >= 0.6 is 0 Å². The van der Waals surface area contributed by atoms with Crippen LogP contribution in [0, 0.1) is 0 Å². The van der Waals surface area contributed by atoms with Crippen molar-refractivity contribution in [2.75, 3.05) is 18.0 Å². The van der Waals surface area contributed by atoms with Gasteiger partial charge in [0.05, 0.1) is 11.4 Å². The van der Waals surface area contributed by atoms with Gasteiger partial charge in [-0.25, -0.2) is 0 Å². The molecule has 0 N–H and O–H groups in total. The van der Waals surface area contributed by atoms with Gasteiger partial charge in [-0.2, -0.15) is 5.11 Å². The van der Waals surface area contributed by atoms with Crippen LogP contribution in [0.5, 0.6) is 0 Å². The van der Waals surface area contributed by atoms with Crippen molar-refractivity contribution in [2.24, 2.45) is 10.2 Å². The molecule has 0 atom stereocenters. The van der Waals surface area contributed by atoms with E-state index in [4.69, 9.17) is 0 Å². The summed E-state index contributed by atoms with van der Waals surface area (Å²) in [4.78, 5) is 2.28. The summed E-state index contributed by atoms with van der Waals surface area (Å²) in [6.07, 6.45) is 0. The molecular weight excluding hydrogens is 234 g/mol. The van der Waals surface area contributed by atoms with Gasteiger partial charge < -0.3 is 4.90 Å². The summed E-state index contributed by atoms with van der Waals surface area (Å²) in [5.41, 5.74) is 2.92. The van der Waals surface area contributed by atoms with E-state index in [-0.39, 0.29) is 0 Å². The van der Waals surface area contributed by atoms with Gasteiger partial charge in [-0.3, -0.25) is 0 Å². The standard InChI is InChI=1S/C16H19N3/c1-3-19(4-2)16-13-9-8-12-15(16)18-17-14-10-6-5-7-11-14/h5-13H,3-4H2,1-2H3. The van der Waals surface area contributed by atoms with Gasteiger partial charge >= 0.3 is 0 Å². The molecule has 0 aliphatic carbocycles. The highest BCUT2D eigenvalue weighted by atomic mass is 15.2. The Bertz CT molecular complexity index is 531. The molecule has 0 aliphatic rings. The molecule has 19 heavy (non-hydrogen) atoms. The van der Waals surface area contributed by atoms with E-state index >= 15 is 0 Å². The lowest BCUT2D eigenvalue weighted by Gasteiger charge is -2.22. The van der Waals surface area contributed by atoms with E-state index in [1.54, 1.807) is 0 Å². The number of rotatable bonds is 5. The van der Waals surface area contributed by atoms with Crippen LogP contribution < -0.4 is 4.90 Å². The second-order valence-electron chi connectivity index (χ2n) is 4.20. The molecule has 0 saturated carbocycles. The van der Waals surface area contributed by atoms with Gasteiger partial charge in [-0.05, 0) is 38.1 Å². The summed E-state index contributed by atoms with van der Waals surface area (Å²) in [6.45, 7) is 6.23. The van der Waals surface area contributed by atoms with Crippen LogP contribution in [0.25, 0.3) is 0 Å². The van der Waals surface area contributed by atoms with E-state index < -0.39 is 0 Å². The number of hydrogen-bond acceptors (Lipinski definition) is 3. The highest BCUT2D eigenvalue weighted by molar-refractivity contribution is 5.66. The summed E-state index contributed by atoms with van der Waals surface area (Å²) < 4.78 is 0. The second kappa shape index (κ2) is 6.69. The van der Waals surface area contributed by atoms with Crippen molar-refractivity contribution in [1.29, 1.82) is 0 Å². The predicted molar refractivity (Wildman–Crippen MR) is 80.6 cm³/mol. The first-order chi connectivity index (χ1) is 9.35. The van der Waals surface area contributed by atoms with Crippen LogP contribution in [-0.4, -0.2) is 13.1 Å². The zero-order chi connectivity index (χ0) is 13.5. The zero-order valence-corrected chi connectivity index (χ0v) is 11.5. The fraction of sp³-hybridized carbons (Fsp3) is 0.250. The van der Waals surface area contributed by atoms with Gasteiger partial charge in [0.1, 0.15) is 5.69 Å². The normalized spacial score (nSPS) is 10.8. The second-order valence-corrected chi connectivity index (χ2v) is 4.20. The van der Waals surface area contributed by atoms with E-state index in [0.717, 1.165) is 30.2 Å². The Balaban J connectivity index is 2.28. The molecule has 3 heteroatoms. The third-order valence-electron chi connectivity index (χ3n) is 3.02. The first kappa shape index (κ1) is 13.3. The smallest absolute Gasteiger partial charge is 0.109 e. The highest BCUT2D eigenvalue weighted by Crippen LogP contribution is 2.29. The molecule has 0 radical (unpaired) electrons. The highest BCUT2D eigenvalue weighted by Gasteiger charge is 2.06. The average Bonchev–Trinajstić information content (AvgIpc) is 2.48. The molecule has 0 unspecified atom stereocenters. The van der Waals surface area contributed by atoms with E-state index in [9.17, 15) is 0 Å². The van der Waals surface area contributed by atoms with Crippen molar-refractivity contribution >= 4 is 17.1 Å². The fourth-order valence-electron chi connectivity index (χ4n) is 1.99. The van der Waals surface area contributed by atoms with Crippen molar-refractivity contribution in [2.45, 2.75) is 13.8 Å². The number of anilines is 1. The number of para-hydroxylation sites is 1. The number of benzene rings is 2. The molecule has 0 spiro atoms. The maximum Gasteiger partial charge on any atom is 0.109 e. The van der Waals surface area contributed by atoms with Crippen LogP contribution in [0.4, 0.5) is 17.1 Å². The lowest BCUT2D eigenvalue weighted by atomic mass is 10.2. The summed E-state index contributed by atoms with van der Waals surface area (Å²) in [7, 11) is 0. The van der Waals surface area contributed by atoms with Crippen LogP contribution in [0.2, 0.25) is 0 Å². The Morgan fingerprint density at radius 2 is 1.42 bits per heavy atom. The summed E-state index contributed by atoms with van der Waals surface area (Å²) in [5.74, 6) is 0. The third kappa shape index (κ3) is 3.41. The van der Waals surface area contributed by atoms with Gasteiger partial charge in [-0.1, -0.05) is 30.3 Å². The third-order valence-corrected chi connectivity index (χ3v) is 3.02. The lowest BCUT2D eigenvalue weighted by molar-refractivity contribution is 0.865. The minimum absolute atomic E-state index is 0.872. The zero-order valence-electron chi connectivity index (χ0n) is 11.5. The van der Waals surface area contributed by atoms with E-state index in [2.05, 4.69) is 35.0 Å². The molecule has 2 aromatic rings. The largest absolute Gasteiger partial charge is 0.370 e. The van der Waals surface area contributed by atoms with Gasteiger partial charge in [0, 0.05) is 13.1 Å². The number of hydrogen-bond donors (Lipinski definition) is 0. The molecule has 0 aromatic heterocycles. The monoisotopic (exact) mass is 253 g/mol. The van der Waals surface area contributed by atoms with E-state index in [1.807, 2.05) is 48.5 Å². The Morgan fingerprint density at radius 1 is 0.789 bits per heavy atom. The summed E-state index contributed by atoms with van der Waals surface area (Å²) in [6, 6.07) is 17.9. The van der Waals surface area contributed by atoms with Crippen molar-refractivity contribution in [3.8, 4) is 0 Å². The minimum Gasteiger partial charge on any atom is -0.370 e. The molecule has 0 heterocycles. The molecule has 0 amide bonds. The Labute approximate surface area is 114 Å². The van der Waals surface area contributed by atoms with Gasteiger partial charge in [-0.15, -0.1) is 5.11 Å². The molecular formula is C16H19N3. The molecule has 0 saturated heterocycles. The van der Waals surface area contributed by atoms with E-state index in [0.29, 0.717) is 0 Å². The number of azo groups is 1. The first-order valence-corrected chi connectivity index (χ1v) is 6.66. The Kier molecular flexibility index (Phi) is 4.67. The predicted octanol–water partition coefficient (Wildman–Crippen LogP) is 4.95. The molecule has 98 valence electrons. The van der Waals surface area contributed by atoms with Gasteiger partial charge in [0.25, 0.3) is 0 Å². The fourth-order valence-corrected chi connectivity index (χ4v) is 1.99. The number of nitrogens with zero attached hydrogens (tertiary/aromatic N) is 3. The molecule has 3 nitrogen and oxygen atoms in total. The maximum atomic E-state index is 4.38. The van der Waals surface area contributed by atoms with Crippen molar-refractivity contribution in [3.05, 3.63) is 54.6 Å². The van der Waals surface area contributed by atoms with Crippen LogP contribution in [0.1, 0.15) is 13.8 Å². The van der Waals surface area contributed by atoms with Crippen LogP contribution in [0.3, 0.4) is 0 Å². The quantitative estimate of drug-likeness (QED) is 0.693. The van der Waals surface area contributed by atoms with Crippen LogP contribution in [-0.2, 0) is 0 Å². The average molecular weight is 253 g/mol. The van der Waals surface area contributed by atoms with Crippen molar-refractivity contribution < 1.29 is 0 Å². The van der Waals surface area contributed by atoms with Crippen molar-refractivity contribution in [1.82, 2.24) is 0 Å². The van der Waals surface area contributed by atoms with Gasteiger partial charge in [0.15, 0.2) is 0 Å². The Hall–Kier alpha value is -2.16. The summed E-state index contributed by atoms with van der Waals surface area (Å²) >= 11 is 0. The lowest BCUT2D eigenvalue weighted by Crippen LogP contribution is -2.21.